The molecule has 14 heavy (non-hydrogen) atoms. The van der Waals surface area contributed by atoms with Gasteiger partial charge in [-0.25, -0.2) is 0 Å². The quantitative estimate of drug-likeness (QED) is 0.809. The molecule has 1 aliphatic rings. The lowest BCUT2D eigenvalue weighted by Crippen LogP contribution is -2.26. The predicted molar refractivity (Wildman–Crippen MR) is 57.1 cm³/mol. The minimum atomic E-state index is -1.17. The van der Waals surface area contributed by atoms with Crippen molar-refractivity contribution in [3.8, 4) is 0 Å². The van der Waals surface area contributed by atoms with Crippen molar-refractivity contribution in [2.75, 3.05) is 0 Å². The normalized spacial score (nSPS) is 30.3. The number of fused-ring (bicyclic) bond motifs is 1. The van der Waals surface area contributed by atoms with Gasteiger partial charge in [-0.1, -0.05) is 37.6 Å². The Hall–Kier alpha value is -0.670. The molecule has 3 heteroatoms. The van der Waals surface area contributed by atoms with E-state index < -0.39 is 15.7 Å². The van der Waals surface area contributed by atoms with Gasteiger partial charge in [-0.05, 0) is 12.0 Å². The van der Waals surface area contributed by atoms with Crippen molar-refractivity contribution in [2.45, 2.75) is 30.5 Å². The van der Waals surface area contributed by atoms with Crippen LogP contribution in [0.15, 0.2) is 24.3 Å². The summed E-state index contributed by atoms with van der Waals surface area (Å²) in [5.74, 6) is 0.493. The van der Waals surface area contributed by atoms with Crippen LogP contribution < -0.4 is 0 Å². The standard InChI is InChI=1S/C11H14O2S/c1-2-7-11(12)10-6-4-3-5-9(10)8-14(11)13/h3-6,12H,2,7-8H2,1H3. The second-order valence-electron chi connectivity index (χ2n) is 3.68. The number of benzene rings is 1. The van der Waals surface area contributed by atoms with Crippen molar-refractivity contribution in [1.29, 1.82) is 0 Å². The van der Waals surface area contributed by atoms with E-state index in [9.17, 15) is 9.32 Å². The van der Waals surface area contributed by atoms with Gasteiger partial charge in [0.2, 0.25) is 0 Å². The zero-order chi connectivity index (χ0) is 10.2. The first-order valence-electron chi connectivity index (χ1n) is 4.87. The fraction of sp³-hybridized carbons (Fsp3) is 0.455. The number of rotatable bonds is 2. The summed E-state index contributed by atoms with van der Waals surface area (Å²) in [6.07, 6.45) is 1.42. The Morgan fingerprint density at radius 3 is 2.93 bits per heavy atom. The molecule has 0 aliphatic carbocycles. The van der Waals surface area contributed by atoms with Gasteiger partial charge in [0.15, 0.2) is 4.93 Å². The highest BCUT2D eigenvalue weighted by molar-refractivity contribution is 7.85. The Bertz CT molecular complexity index is 375. The average Bonchev–Trinajstić information content (AvgIpc) is 2.41. The molecule has 1 aliphatic heterocycles. The molecule has 2 unspecified atom stereocenters. The molecule has 0 fully saturated rings. The molecule has 0 spiro atoms. The van der Waals surface area contributed by atoms with Crippen molar-refractivity contribution in [3.05, 3.63) is 35.4 Å². The first-order chi connectivity index (χ1) is 6.68. The van der Waals surface area contributed by atoms with Crippen LogP contribution in [0.2, 0.25) is 0 Å². The van der Waals surface area contributed by atoms with Crippen LogP contribution in [0.1, 0.15) is 30.9 Å². The summed E-state index contributed by atoms with van der Waals surface area (Å²) in [4.78, 5) is -1.09. The molecule has 0 amide bonds. The number of aliphatic hydroxyl groups is 1. The third-order valence-corrected chi connectivity index (χ3v) is 4.44. The highest BCUT2D eigenvalue weighted by Gasteiger charge is 2.42. The van der Waals surface area contributed by atoms with Gasteiger partial charge >= 0.3 is 0 Å². The zero-order valence-electron chi connectivity index (χ0n) is 8.19. The summed E-state index contributed by atoms with van der Waals surface area (Å²) in [6, 6.07) is 7.65. The largest absolute Gasteiger partial charge is 0.373 e. The zero-order valence-corrected chi connectivity index (χ0v) is 9.01. The van der Waals surface area contributed by atoms with E-state index in [0.717, 1.165) is 17.5 Å². The maximum absolute atomic E-state index is 11.8. The second-order valence-corrected chi connectivity index (χ2v) is 5.34. The molecular weight excluding hydrogens is 196 g/mol. The van der Waals surface area contributed by atoms with E-state index in [4.69, 9.17) is 0 Å². The summed E-state index contributed by atoms with van der Waals surface area (Å²) in [6.45, 7) is 2.00. The van der Waals surface area contributed by atoms with E-state index >= 15 is 0 Å². The van der Waals surface area contributed by atoms with Gasteiger partial charge in [0.25, 0.3) is 0 Å². The van der Waals surface area contributed by atoms with Crippen molar-refractivity contribution in [1.82, 2.24) is 0 Å². The fourth-order valence-electron chi connectivity index (χ4n) is 2.00. The van der Waals surface area contributed by atoms with Crippen LogP contribution in [0, 0.1) is 0 Å². The van der Waals surface area contributed by atoms with Crippen molar-refractivity contribution in [2.24, 2.45) is 0 Å². The molecule has 1 N–H and O–H groups in total. The Morgan fingerprint density at radius 1 is 1.50 bits per heavy atom. The van der Waals surface area contributed by atoms with Crippen LogP contribution in [0.25, 0.3) is 0 Å². The smallest absolute Gasteiger partial charge is 0.165 e. The molecule has 2 atom stereocenters. The maximum atomic E-state index is 11.8. The monoisotopic (exact) mass is 210 g/mol. The molecule has 2 nitrogen and oxygen atoms in total. The van der Waals surface area contributed by atoms with Gasteiger partial charge in [0, 0.05) is 5.56 Å². The summed E-state index contributed by atoms with van der Waals surface area (Å²) in [7, 11) is -1.17. The molecule has 1 heterocycles. The third kappa shape index (κ3) is 1.31. The molecule has 2 rings (SSSR count). The molecule has 0 bridgehead atoms. The van der Waals surface area contributed by atoms with E-state index in [2.05, 4.69) is 0 Å². The molecule has 76 valence electrons. The van der Waals surface area contributed by atoms with E-state index in [1.807, 2.05) is 31.2 Å². The van der Waals surface area contributed by atoms with Crippen molar-refractivity contribution < 1.29 is 9.32 Å². The van der Waals surface area contributed by atoms with E-state index in [1.165, 1.54) is 0 Å². The van der Waals surface area contributed by atoms with Crippen LogP contribution in [-0.2, 0) is 21.5 Å². The van der Waals surface area contributed by atoms with Gasteiger partial charge < -0.3 is 5.11 Å². The van der Waals surface area contributed by atoms with Gasteiger partial charge in [0.05, 0.1) is 16.6 Å². The van der Waals surface area contributed by atoms with E-state index in [-0.39, 0.29) is 0 Å². The number of hydrogen-bond acceptors (Lipinski definition) is 2. The lowest BCUT2D eigenvalue weighted by atomic mass is 10.0. The van der Waals surface area contributed by atoms with Crippen LogP contribution in [0.4, 0.5) is 0 Å². The average molecular weight is 210 g/mol. The fourth-order valence-corrected chi connectivity index (χ4v) is 3.65. The van der Waals surface area contributed by atoms with Crippen LogP contribution >= 0.6 is 0 Å². The topological polar surface area (TPSA) is 37.3 Å². The highest BCUT2D eigenvalue weighted by atomic mass is 32.2. The molecule has 0 radical (unpaired) electrons. The first kappa shape index (κ1) is 9.87. The van der Waals surface area contributed by atoms with E-state index in [0.29, 0.717) is 12.2 Å². The maximum Gasteiger partial charge on any atom is 0.165 e. The van der Waals surface area contributed by atoms with Crippen molar-refractivity contribution >= 4 is 10.8 Å². The van der Waals surface area contributed by atoms with Crippen LogP contribution in [-0.4, -0.2) is 9.32 Å². The summed E-state index contributed by atoms with van der Waals surface area (Å²) in [5, 5.41) is 10.3. The molecule has 1 aromatic rings. The molecule has 1 aromatic carbocycles. The lowest BCUT2D eigenvalue weighted by Gasteiger charge is -2.21. The van der Waals surface area contributed by atoms with Gasteiger partial charge in [-0.2, -0.15) is 0 Å². The van der Waals surface area contributed by atoms with Gasteiger partial charge in [-0.15, -0.1) is 0 Å². The molecular formula is C11H14O2S. The summed E-state index contributed by atoms with van der Waals surface area (Å²) >= 11 is 0. The predicted octanol–water partition coefficient (Wildman–Crippen LogP) is 1.89. The number of hydrogen-bond donors (Lipinski definition) is 1. The third-order valence-electron chi connectivity index (χ3n) is 2.69. The first-order valence-corrected chi connectivity index (χ1v) is 6.19. The Kier molecular flexibility index (Phi) is 2.45. The minimum Gasteiger partial charge on any atom is -0.373 e. The van der Waals surface area contributed by atoms with Crippen LogP contribution in [0.5, 0.6) is 0 Å². The minimum absolute atomic E-state index is 0.493. The summed E-state index contributed by atoms with van der Waals surface area (Å²) < 4.78 is 11.8. The molecule has 0 saturated heterocycles. The lowest BCUT2D eigenvalue weighted by molar-refractivity contribution is 0.123. The van der Waals surface area contributed by atoms with Gasteiger partial charge in [0.1, 0.15) is 0 Å². The highest BCUT2D eigenvalue weighted by Crippen LogP contribution is 2.40. The Morgan fingerprint density at radius 2 is 2.21 bits per heavy atom. The molecule has 0 aromatic heterocycles. The SMILES string of the molecule is CCCC1(O)c2ccccc2CS1=O. The van der Waals surface area contributed by atoms with Crippen molar-refractivity contribution in [3.63, 3.8) is 0 Å². The van der Waals surface area contributed by atoms with Crippen LogP contribution in [0.3, 0.4) is 0 Å². The molecule has 0 saturated carbocycles. The Balaban J connectivity index is 2.48. The summed E-state index contributed by atoms with van der Waals surface area (Å²) in [5.41, 5.74) is 1.89. The second kappa shape index (κ2) is 3.48. The Labute approximate surface area is 86.4 Å². The van der Waals surface area contributed by atoms with Gasteiger partial charge in [-0.3, -0.25) is 4.21 Å². The van der Waals surface area contributed by atoms with E-state index in [1.54, 1.807) is 0 Å².